The Labute approximate surface area is 89.0 Å². The van der Waals surface area contributed by atoms with E-state index < -0.39 is 0 Å². The van der Waals surface area contributed by atoms with Gasteiger partial charge in [-0.1, -0.05) is 0 Å². The quantitative estimate of drug-likeness (QED) is 0.807. The Balaban J connectivity index is 1.74. The van der Waals surface area contributed by atoms with Gasteiger partial charge in [-0.2, -0.15) is 0 Å². The van der Waals surface area contributed by atoms with Crippen molar-refractivity contribution in [2.24, 2.45) is 0 Å². The fourth-order valence-corrected chi connectivity index (χ4v) is 2.31. The third-order valence-corrected chi connectivity index (χ3v) is 3.16. The molecule has 15 heavy (non-hydrogen) atoms. The molecule has 3 rings (SSSR count). The maximum atomic E-state index is 5.57. The summed E-state index contributed by atoms with van der Waals surface area (Å²) in [5.41, 5.74) is 0.969. The van der Waals surface area contributed by atoms with E-state index in [0.29, 0.717) is 6.04 Å². The van der Waals surface area contributed by atoms with Crippen LogP contribution in [0.1, 0.15) is 49.4 Å². The summed E-state index contributed by atoms with van der Waals surface area (Å²) in [6.45, 7) is 1.93. The standard InChI is InChI=1S/C11H16N2O2/c1-3-8(12-5-1)11-13-9(7-15-11)10-4-2-6-14-10/h7-8,10,12H,1-6H2. The Kier molecular flexibility index (Phi) is 2.46. The average molecular weight is 208 g/mol. The van der Waals surface area contributed by atoms with Crippen molar-refractivity contribution >= 4 is 0 Å². The number of hydrogen-bond acceptors (Lipinski definition) is 4. The maximum absolute atomic E-state index is 5.57. The van der Waals surface area contributed by atoms with E-state index in [1.807, 2.05) is 0 Å². The molecule has 82 valence electrons. The Morgan fingerprint density at radius 3 is 3.07 bits per heavy atom. The lowest BCUT2D eigenvalue weighted by Crippen LogP contribution is -2.13. The number of rotatable bonds is 2. The second-order valence-corrected chi connectivity index (χ2v) is 4.26. The maximum Gasteiger partial charge on any atom is 0.211 e. The zero-order valence-corrected chi connectivity index (χ0v) is 8.74. The zero-order chi connectivity index (χ0) is 10.1. The van der Waals surface area contributed by atoms with Gasteiger partial charge in [0.15, 0.2) is 0 Å². The van der Waals surface area contributed by atoms with Crippen molar-refractivity contribution in [1.29, 1.82) is 0 Å². The molecule has 0 amide bonds. The third kappa shape index (κ3) is 1.79. The highest BCUT2D eigenvalue weighted by Gasteiger charge is 2.25. The zero-order valence-electron chi connectivity index (χ0n) is 8.74. The minimum absolute atomic E-state index is 0.170. The summed E-state index contributed by atoms with van der Waals surface area (Å²) in [6, 6.07) is 0.320. The predicted molar refractivity (Wildman–Crippen MR) is 54.4 cm³/mol. The SMILES string of the molecule is c1oc(C2CCCN2)nc1C1CCCO1. The number of oxazole rings is 1. The van der Waals surface area contributed by atoms with Gasteiger partial charge in [0.2, 0.25) is 5.89 Å². The summed E-state index contributed by atoms with van der Waals surface area (Å²) in [7, 11) is 0. The monoisotopic (exact) mass is 208 g/mol. The van der Waals surface area contributed by atoms with Gasteiger partial charge in [0.1, 0.15) is 18.1 Å². The molecule has 0 bridgehead atoms. The molecule has 1 N–H and O–H groups in total. The normalized spacial score (nSPS) is 31.2. The van der Waals surface area contributed by atoms with Gasteiger partial charge in [-0.15, -0.1) is 0 Å². The fraction of sp³-hybridized carbons (Fsp3) is 0.727. The largest absolute Gasteiger partial charge is 0.447 e. The molecule has 3 heterocycles. The van der Waals surface area contributed by atoms with Gasteiger partial charge in [0.25, 0.3) is 0 Å². The van der Waals surface area contributed by atoms with Crippen molar-refractivity contribution in [3.63, 3.8) is 0 Å². The Morgan fingerprint density at radius 1 is 1.33 bits per heavy atom. The molecule has 0 spiro atoms. The first-order valence-corrected chi connectivity index (χ1v) is 5.74. The van der Waals surface area contributed by atoms with Gasteiger partial charge in [0, 0.05) is 6.61 Å². The summed E-state index contributed by atoms with van der Waals surface area (Å²) in [4.78, 5) is 4.52. The van der Waals surface area contributed by atoms with Crippen molar-refractivity contribution in [3.05, 3.63) is 17.8 Å². The van der Waals surface area contributed by atoms with Gasteiger partial charge in [0.05, 0.1) is 6.04 Å². The molecule has 2 aliphatic rings. The molecule has 2 saturated heterocycles. The number of nitrogens with zero attached hydrogens (tertiary/aromatic N) is 1. The Bertz CT molecular complexity index is 295. The van der Waals surface area contributed by atoms with Gasteiger partial charge in [-0.25, -0.2) is 4.98 Å². The van der Waals surface area contributed by atoms with E-state index in [4.69, 9.17) is 9.15 Å². The first-order chi connectivity index (χ1) is 7.43. The van der Waals surface area contributed by atoms with E-state index in [0.717, 1.165) is 44.0 Å². The molecular weight excluding hydrogens is 192 g/mol. The minimum Gasteiger partial charge on any atom is -0.447 e. The second-order valence-electron chi connectivity index (χ2n) is 4.26. The molecule has 2 fully saturated rings. The molecular formula is C11H16N2O2. The molecule has 0 aliphatic carbocycles. The molecule has 2 atom stereocenters. The van der Waals surface area contributed by atoms with E-state index in [1.165, 1.54) is 6.42 Å². The van der Waals surface area contributed by atoms with Crippen LogP contribution in [0.4, 0.5) is 0 Å². The molecule has 1 aromatic rings. The molecule has 0 radical (unpaired) electrons. The summed E-state index contributed by atoms with van der Waals surface area (Å²) in [5, 5.41) is 3.38. The highest BCUT2D eigenvalue weighted by atomic mass is 16.5. The van der Waals surface area contributed by atoms with Crippen molar-refractivity contribution < 1.29 is 9.15 Å². The second kappa shape index (κ2) is 3.94. The van der Waals surface area contributed by atoms with Gasteiger partial charge >= 0.3 is 0 Å². The molecule has 2 unspecified atom stereocenters. The van der Waals surface area contributed by atoms with Crippen LogP contribution in [0.2, 0.25) is 0 Å². The lowest BCUT2D eigenvalue weighted by atomic mass is 10.2. The van der Waals surface area contributed by atoms with Crippen LogP contribution < -0.4 is 5.32 Å². The first-order valence-electron chi connectivity index (χ1n) is 5.74. The predicted octanol–water partition coefficient (Wildman–Crippen LogP) is 1.95. The fourth-order valence-electron chi connectivity index (χ4n) is 2.31. The van der Waals surface area contributed by atoms with E-state index in [-0.39, 0.29) is 6.10 Å². The van der Waals surface area contributed by atoms with Gasteiger partial charge < -0.3 is 14.5 Å². The van der Waals surface area contributed by atoms with Crippen LogP contribution in [0.15, 0.2) is 10.7 Å². The van der Waals surface area contributed by atoms with Gasteiger partial charge in [-0.3, -0.25) is 0 Å². The highest BCUT2D eigenvalue weighted by Crippen LogP contribution is 2.30. The van der Waals surface area contributed by atoms with Crippen LogP contribution in [0.3, 0.4) is 0 Å². The summed E-state index contributed by atoms with van der Waals surface area (Å²) in [5.74, 6) is 0.831. The smallest absolute Gasteiger partial charge is 0.211 e. The number of ether oxygens (including phenoxy) is 1. The average Bonchev–Trinajstić information content (AvgIpc) is 3.02. The van der Waals surface area contributed by atoms with Crippen LogP contribution >= 0.6 is 0 Å². The number of aromatic nitrogens is 1. The van der Waals surface area contributed by atoms with Crippen LogP contribution in [0.25, 0.3) is 0 Å². The molecule has 0 aromatic carbocycles. The minimum atomic E-state index is 0.170. The summed E-state index contributed by atoms with van der Waals surface area (Å²) < 4.78 is 11.1. The molecule has 2 aliphatic heterocycles. The Hall–Kier alpha value is -0.870. The van der Waals surface area contributed by atoms with E-state index in [1.54, 1.807) is 6.26 Å². The topological polar surface area (TPSA) is 47.3 Å². The van der Waals surface area contributed by atoms with Crippen molar-refractivity contribution in [2.75, 3.05) is 13.2 Å². The van der Waals surface area contributed by atoms with E-state index in [9.17, 15) is 0 Å². The molecule has 4 nitrogen and oxygen atoms in total. The van der Waals surface area contributed by atoms with Crippen molar-refractivity contribution in [3.8, 4) is 0 Å². The Morgan fingerprint density at radius 2 is 2.33 bits per heavy atom. The van der Waals surface area contributed by atoms with Crippen LogP contribution in [-0.2, 0) is 4.74 Å². The van der Waals surface area contributed by atoms with Crippen LogP contribution in [0.5, 0.6) is 0 Å². The lowest BCUT2D eigenvalue weighted by Gasteiger charge is -2.05. The first kappa shape index (κ1) is 9.36. The van der Waals surface area contributed by atoms with Crippen LogP contribution in [0, 0.1) is 0 Å². The lowest BCUT2D eigenvalue weighted by molar-refractivity contribution is 0.108. The van der Waals surface area contributed by atoms with E-state index >= 15 is 0 Å². The molecule has 0 saturated carbocycles. The highest BCUT2D eigenvalue weighted by molar-refractivity contribution is 5.05. The van der Waals surface area contributed by atoms with Crippen molar-refractivity contribution in [1.82, 2.24) is 10.3 Å². The molecule has 1 aromatic heterocycles. The van der Waals surface area contributed by atoms with E-state index in [2.05, 4.69) is 10.3 Å². The third-order valence-electron chi connectivity index (χ3n) is 3.16. The number of hydrogen-bond donors (Lipinski definition) is 1. The number of nitrogens with one attached hydrogen (secondary N) is 1. The summed E-state index contributed by atoms with van der Waals surface area (Å²) in [6.07, 6.45) is 6.47. The summed E-state index contributed by atoms with van der Waals surface area (Å²) >= 11 is 0. The van der Waals surface area contributed by atoms with Crippen LogP contribution in [-0.4, -0.2) is 18.1 Å². The van der Waals surface area contributed by atoms with Crippen molar-refractivity contribution in [2.45, 2.75) is 37.8 Å². The molecule has 4 heteroatoms. The van der Waals surface area contributed by atoms with Gasteiger partial charge in [-0.05, 0) is 32.2 Å².